The summed E-state index contributed by atoms with van der Waals surface area (Å²) >= 11 is 3.29. The molecule has 1 N–H and O–H groups in total. The predicted molar refractivity (Wildman–Crippen MR) is 68.5 cm³/mol. The second-order valence-corrected chi connectivity index (χ2v) is 5.03. The third-order valence-electron chi connectivity index (χ3n) is 2.89. The van der Waals surface area contributed by atoms with Gasteiger partial charge in [-0.2, -0.15) is 0 Å². The van der Waals surface area contributed by atoms with E-state index in [-0.39, 0.29) is 11.9 Å². The van der Waals surface area contributed by atoms with Crippen molar-refractivity contribution in [2.24, 2.45) is 5.92 Å². The van der Waals surface area contributed by atoms with E-state index in [4.69, 9.17) is 0 Å². The fraction of sp³-hybridized carbons (Fsp3) is 0.462. The van der Waals surface area contributed by atoms with Crippen molar-refractivity contribution in [1.82, 2.24) is 5.32 Å². The maximum absolute atomic E-state index is 11.6. The van der Waals surface area contributed by atoms with Gasteiger partial charge in [-0.1, -0.05) is 46.3 Å². The van der Waals surface area contributed by atoms with Crippen molar-refractivity contribution in [3.05, 3.63) is 35.9 Å². The summed E-state index contributed by atoms with van der Waals surface area (Å²) in [4.78, 5) is 11.6. The molecule has 1 saturated carbocycles. The first-order chi connectivity index (χ1) is 7.81. The number of hydrogen-bond acceptors (Lipinski definition) is 1. The maximum atomic E-state index is 11.6. The fourth-order valence-corrected chi connectivity index (χ4v) is 2.25. The first kappa shape index (κ1) is 11.6. The third kappa shape index (κ3) is 3.08. The molecular formula is C13H16BrNO. The van der Waals surface area contributed by atoms with Crippen molar-refractivity contribution in [2.75, 3.05) is 5.33 Å². The Morgan fingerprint density at radius 1 is 1.38 bits per heavy atom. The van der Waals surface area contributed by atoms with Gasteiger partial charge in [-0.25, -0.2) is 0 Å². The molecule has 1 aromatic carbocycles. The summed E-state index contributed by atoms with van der Waals surface area (Å²) in [7, 11) is 0. The van der Waals surface area contributed by atoms with Crippen LogP contribution < -0.4 is 5.32 Å². The summed E-state index contributed by atoms with van der Waals surface area (Å²) in [5, 5.41) is 3.85. The zero-order valence-corrected chi connectivity index (χ0v) is 10.7. The standard InChI is InChI=1S/C13H16BrNO/c14-9-8-12(16)15-13(11-6-7-11)10-4-2-1-3-5-10/h1-5,11,13H,6-9H2,(H,15,16). The predicted octanol–water partition coefficient (Wildman–Crippen LogP) is 3.04. The van der Waals surface area contributed by atoms with Gasteiger partial charge < -0.3 is 5.32 Å². The summed E-state index contributed by atoms with van der Waals surface area (Å²) in [6, 6.07) is 10.5. The van der Waals surface area contributed by atoms with E-state index >= 15 is 0 Å². The van der Waals surface area contributed by atoms with E-state index < -0.39 is 0 Å². The van der Waals surface area contributed by atoms with Gasteiger partial charge in [0.2, 0.25) is 5.91 Å². The number of rotatable bonds is 5. The zero-order valence-electron chi connectivity index (χ0n) is 9.16. The molecule has 2 rings (SSSR count). The van der Waals surface area contributed by atoms with Gasteiger partial charge >= 0.3 is 0 Å². The minimum absolute atomic E-state index is 0.137. The Bertz CT molecular complexity index is 348. The highest BCUT2D eigenvalue weighted by molar-refractivity contribution is 9.09. The van der Waals surface area contributed by atoms with E-state index in [0.29, 0.717) is 12.3 Å². The van der Waals surface area contributed by atoms with Crippen LogP contribution in [0, 0.1) is 5.92 Å². The average molecular weight is 282 g/mol. The summed E-state index contributed by atoms with van der Waals surface area (Å²) in [5.74, 6) is 0.777. The number of amides is 1. The molecule has 0 saturated heterocycles. The molecular weight excluding hydrogens is 266 g/mol. The van der Waals surface area contributed by atoms with Crippen LogP contribution in [0.4, 0.5) is 0 Å². The van der Waals surface area contributed by atoms with Crippen LogP contribution in [0.5, 0.6) is 0 Å². The normalized spacial score (nSPS) is 16.8. The molecule has 1 atom stereocenters. The van der Waals surface area contributed by atoms with E-state index in [9.17, 15) is 4.79 Å². The van der Waals surface area contributed by atoms with Gasteiger partial charge in [0, 0.05) is 11.8 Å². The SMILES string of the molecule is O=C(CCBr)NC(c1ccccc1)C1CC1. The molecule has 2 nitrogen and oxygen atoms in total. The van der Waals surface area contributed by atoms with Crippen LogP contribution in [-0.4, -0.2) is 11.2 Å². The first-order valence-electron chi connectivity index (χ1n) is 5.71. The zero-order chi connectivity index (χ0) is 11.4. The molecule has 1 unspecified atom stereocenters. The lowest BCUT2D eigenvalue weighted by Gasteiger charge is -2.18. The Morgan fingerprint density at radius 2 is 2.06 bits per heavy atom. The van der Waals surface area contributed by atoms with Gasteiger partial charge in [-0.15, -0.1) is 0 Å². The van der Waals surface area contributed by atoms with Gasteiger partial charge in [-0.05, 0) is 24.3 Å². The van der Waals surface area contributed by atoms with Gasteiger partial charge in [0.15, 0.2) is 0 Å². The number of alkyl halides is 1. The van der Waals surface area contributed by atoms with Crippen LogP contribution in [0.25, 0.3) is 0 Å². The largest absolute Gasteiger partial charge is 0.349 e. The van der Waals surface area contributed by atoms with Gasteiger partial charge in [0.1, 0.15) is 0 Å². The van der Waals surface area contributed by atoms with Crippen molar-refractivity contribution in [3.8, 4) is 0 Å². The summed E-state index contributed by atoms with van der Waals surface area (Å²) in [6.07, 6.45) is 3.01. The number of halogens is 1. The third-order valence-corrected chi connectivity index (χ3v) is 3.29. The van der Waals surface area contributed by atoms with Crippen molar-refractivity contribution in [3.63, 3.8) is 0 Å². The van der Waals surface area contributed by atoms with E-state index in [1.807, 2.05) is 18.2 Å². The second-order valence-electron chi connectivity index (χ2n) is 4.23. The highest BCUT2D eigenvalue weighted by Crippen LogP contribution is 2.40. The molecule has 86 valence electrons. The molecule has 1 aromatic rings. The van der Waals surface area contributed by atoms with Crippen molar-refractivity contribution in [1.29, 1.82) is 0 Å². The molecule has 3 heteroatoms. The molecule has 1 aliphatic carbocycles. The first-order valence-corrected chi connectivity index (χ1v) is 6.83. The highest BCUT2D eigenvalue weighted by atomic mass is 79.9. The number of carbonyl (C=O) groups excluding carboxylic acids is 1. The lowest BCUT2D eigenvalue weighted by molar-refractivity contribution is -0.121. The van der Waals surface area contributed by atoms with E-state index in [0.717, 1.165) is 5.33 Å². The number of carbonyl (C=O) groups is 1. The molecule has 0 bridgehead atoms. The Balaban J connectivity index is 2.03. The molecule has 0 aromatic heterocycles. The highest BCUT2D eigenvalue weighted by Gasteiger charge is 2.32. The lowest BCUT2D eigenvalue weighted by atomic mass is 10.0. The van der Waals surface area contributed by atoms with E-state index in [2.05, 4.69) is 33.4 Å². The molecule has 0 radical (unpaired) electrons. The van der Waals surface area contributed by atoms with E-state index in [1.54, 1.807) is 0 Å². The van der Waals surface area contributed by atoms with Crippen LogP contribution in [0.2, 0.25) is 0 Å². The molecule has 16 heavy (non-hydrogen) atoms. The van der Waals surface area contributed by atoms with Crippen molar-refractivity contribution < 1.29 is 4.79 Å². The second kappa shape index (κ2) is 5.48. The minimum atomic E-state index is 0.137. The van der Waals surface area contributed by atoms with Crippen LogP contribution in [-0.2, 0) is 4.79 Å². The summed E-state index contributed by atoms with van der Waals surface area (Å²) in [6.45, 7) is 0. The number of benzene rings is 1. The monoisotopic (exact) mass is 281 g/mol. The lowest BCUT2D eigenvalue weighted by Crippen LogP contribution is -2.29. The maximum Gasteiger partial charge on any atom is 0.221 e. The summed E-state index contributed by atoms with van der Waals surface area (Å²) < 4.78 is 0. The van der Waals surface area contributed by atoms with Crippen LogP contribution in [0.1, 0.15) is 30.9 Å². The van der Waals surface area contributed by atoms with Crippen LogP contribution >= 0.6 is 15.9 Å². The Hall–Kier alpha value is -0.830. The molecule has 0 spiro atoms. The Kier molecular flexibility index (Phi) is 3.99. The van der Waals surface area contributed by atoms with E-state index in [1.165, 1.54) is 18.4 Å². The average Bonchev–Trinajstić information content (AvgIpc) is 3.11. The molecule has 0 heterocycles. The molecule has 1 amide bonds. The van der Waals surface area contributed by atoms with Gasteiger partial charge in [0.05, 0.1) is 6.04 Å². The minimum Gasteiger partial charge on any atom is -0.349 e. The number of hydrogen-bond donors (Lipinski definition) is 1. The fourth-order valence-electron chi connectivity index (χ4n) is 1.89. The Morgan fingerprint density at radius 3 is 2.62 bits per heavy atom. The quantitative estimate of drug-likeness (QED) is 0.826. The smallest absolute Gasteiger partial charge is 0.221 e. The summed E-state index contributed by atoms with van der Waals surface area (Å²) in [5.41, 5.74) is 1.23. The number of nitrogens with one attached hydrogen (secondary N) is 1. The van der Waals surface area contributed by atoms with Gasteiger partial charge in [0.25, 0.3) is 0 Å². The van der Waals surface area contributed by atoms with Gasteiger partial charge in [-0.3, -0.25) is 4.79 Å². The van der Waals surface area contributed by atoms with Crippen molar-refractivity contribution in [2.45, 2.75) is 25.3 Å². The van der Waals surface area contributed by atoms with Crippen molar-refractivity contribution >= 4 is 21.8 Å². The Labute approximate surface area is 105 Å². The van der Waals surface area contributed by atoms with Crippen LogP contribution in [0.15, 0.2) is 30.3 Å². The topological polar surface area (TPSA) is 29.1 Å². The molecule has 0 aliphatic heterocycles. The molecule has 1 aliphatic rings. The van der Waals surface area contributed by atoms with Crippen LogP contribution in [0.3, 0.4) is 0 Å². The molecule has 1 fully saturated rings.